The molecule has 0 saturated carbocycles. The molecule has 1 heterocycles. The number of hydrogen-bond acceptors (Lipinski definition) is 8. The molecule has 2 N–H and O–H groups in total. The van der Waals surface area contributed by atoms with Gasteiger partial charge in [-0.15, -0.1) is 0 Å². The lowest BCUT2D eigenvalue weighted by Gasteiger charge is -2.27. The monoisotopic (exact) mass is 679 g/mol. The first-order valence-corrected chi connectivity index (χ1v) is 15.0. The van der Waals surface area contributed by atoms with E-state index in [1.807, 2.05) is 39.0 Å². The van der Waals surface area contributed by atoms with Crippen molar-refractivity contribution in [1.29, 1.82) is 0 Å². The maximum atomic E-state index is 13.5. The number of carbonyl (C=O) groups excluding carboxylic acids is 4. The number of carbonyl (C=O) groups is 4. The fourth-order valence-corrected chi connectivity index (χ4v) is 5.11. The van der Waals surface area contributed by atoms with E-state index in [4.69, 9.17) is 18.9 Å². The first-order valence-electron chi connectivity index (χ1n) is 14.2. The van der Waals surface area contributed by atoms with E-state index < -0.39 is 17.8 Å². The van der Waals surface area contributed by atoms with Crippen molar-refractivity contribution in [3.63, 3.8) is 0 Å². The lowest BCUT2D eigenvalue weighted by Crippen LogP contribution is -2.54. The van der Waals surface area contributed by atoms with E-state index in [1.54, 1.807) is 31.2 Å². The molecular weight excluding hydrogens is 646 g/mol. The highest BCUT2D eigenvalue weighted by Crippen LogP contribution is 2.38. The van der Waals surface area contributed by atoms with E-state index in [-0.39, 0.29) is 35.3 Å². The lowest BCUT2D eigenvalue weighted by atomic mass is 10.1. The van der Waals surface area contributed by atoms with E-state index in [1.165, 1.54) is 19.3 Å². The average Bonchev–Trinajstić information content (AvgIpc) is 2.99. The van der Waals surface area contributed by atoms with Gasteiger partial charge >= 0.3 is 6.03 Å². The molecule has 0 atom stereocenters. The Labute approximate surface area is 269 Å². The van der Waals surface area contributed by atoms with Crippen LogP contribution >= 0.6 is 15.9 Å². The number of anilines is 2. The molecule has 4 rings (SSSR count). The van der Waals surface area contributed by atoms with Crippen LogP contribution in [0.1, 0.15) is 37.0 Å². The quantitative estimate of drug-likeness (QED) is 0.177. The van der Waals surface area contributed by atoms with Crippen molar-refractivity contribution in [3.05, 3.63) is 75.3 Å². The Hall–Kier alpha value is -4.84. The molecule has 5 amide bonds. The van der Waals surface area contributed by atoms with Crippen molar-refractivity contribution in [2.24, 2.45) is 0 Å². The topological polar surface area (TPSA) is 132 Å². The van der Waals surface area contributed by atoms with Crippen molar-refractivity contribution in [2.75, 3.05) is 37.1 Å². The normalized spacial score (nSPS) is 13.9. The number of urea groups is 1. The number of nitrogens with one attached hydrogen (secondary N) is 2. The number of halogens is 1. The van der Waals surface area contributed by atoms with Gasteiger partial charge in [-0.25, -0.2) is 9.69 Å². The van der Waals surface area contributed by atoms with E-state index in [0.29, 0.717) is 40.4 Å². The molecule has 11 nitrogen and oxygen atoms in total. The predicted molar refractivity (Wildman–Crippen MR) is 173 cm³/mol. The molecule has 1 fully saturated rings. The SMILES string of the molecule is CCCOc1ccc(N2C(=O)NC(=O)/C(=C\c3cc(Br)c(OCC(=O)Nc4ccc(C)cc4C)c(OC)c3)C2=O)cc1OCC. The molecule has 0 aromatic heterocycles. The number of hydrogen-bond donors (Lipinski definition) is 2. The van der Waals surface area contributed by atoms with Crippen LogP contribution in [0.4, 0.5) is 16.2 Å². The molecule has 45 heavy (non-hydrogen) atoms. The van der Waals surface area contributed by atoms with Crippen LogP contribution < -0.4 is 34.5 Å². The second-order valence-corrected chi connectivity index (χ2v) is 10.9. The van der Waals surface area contributed by atoms with E-state index >= 15 is 0 Å². The average molecular weight is 681 g/mol. The molecule has 3 aromatic rings. The number of methoxy groups -OCH3 is 1. The van der Waals surface area contributed by atoms with Crippen LogP contribution in [0.3, 0.4) is 0 Å². The summed E-state index contributed by atoms with van der Waals surface area (Å²) in [7, 11) is 1.42. The Morgan fingerprint density at radius 2 is 1.73 bits per heavy atom. The van der Waals surface area contributed by atoms with Crippen LogP contribution in [0.25, 0.3) is 6.08 Å². The Kier molecular flexibility index (Phi) is 10.8. The molecule has 0 bridgehead atoms. The first kappa shape index (κ1) is 33.1. The van der Waals surface area contributed by atoms with Gasteiger partial charge in [-0.1, -0.05) is 24.6 Å². The largest absolute Gasteiger partial charge is 0.493 e. The fraction of sp³-hybridized carbons (Fsp3) is 0.273. The maximum absolute atomic E-state index is 13.5. The van der Waals surface area contributed by atoms with Gasteiger partial charge < -0.3 is 24.3 Å². The van der Waals surface area contributed by atoms with Crippen LogP contribution in [0.2, 0.25) is 0 Å². The van der Waals surface area contributed by atoms with Crippen LogP contribution in [0.5, 0.6) is 23.0 Å². The maximum Gasteiger partial charge on any atom is 0.335 e. The summed E-state index contributed by atoms with van der Waals surface area (Å²) >= 11 is 3.43. The summed E-state index contributed by atoms with van der Waals surface area (Å²) in [5.74, 6) is -0.718. The molecule has 0 spiro atoms. The van der Waals surface area contributed by atoms with Gasteiger partial charge in [0.05, 0.1) is 30.5 Å². The molecule has 12 heteroatoms. The van der Waals surface area contributed by atoms with E-state index in [9.17, 15) is 19.2 Å². The smallest absolute Gasteiger partial charge is 0.335 e. The Bertz CT molecular complexity index is 1670. The zero-order chi connectivity index (χ0) is 32.7. The molecular formula is C33H34BrN3O8. The highest BCUT2D eigenvalue weighted by atomic mass is 79.9. The van der Waals surface area contributed by atoms with Gasteiger partial charge in [-0.2, -0.15) is 0 Å². The summed E-state index contributed by atoms with van der Waals surface area (Å²) in [4.78, 5) is 52.6. The van der Waals surface area contributed by atoms with Gasteiger partial charge in [0.1, 0.15) is 5.57 Å². The number of barbiturate groups is 1. The van der Waals surface area contributed by atoms with Crippen molar-refractivity contribution < 1.29 is 38.1 Å². The molecule has 0 radical (unpaired) electrons. The van der Waals surface area contributed by atoms with Crippen LogP contribution in [-0.2, 0) is 14.4 Å². The second-order valence-electron chi connectivity index (χ2n) is 10.1. The zero-order valence-corrected chi connectivity index (χ0v) is 27.2. The molecule has 1 aliphatic rings. The molecule has 0 unspecified atom stereocenters. The number of ether oxygens (including phenoxy) is 4. The first-order chi connectivity index (χ1) is 21.6. The Balaban J connectivity index is 1.57. The fourth-order valence-electron chi connectivity index (χ4n) is 4.54. The summed E-state index contributed by atoms with van der Waals surface area (Å²) in [5.41, 5.74) is 3.00. The number of amides is 5. The lowest BCUT2D eigenvalue weighted by molar-refractivity contribution is -0.122. The number of rotatable bonds is 12. The number of benzene rings is 3. The van der Waals surface area contributed by atoms with E-state index in [2.05, 4.69) is 26.6 Å². The van der Waals surface area contributed by atoms with Crippen molar-refractivity contribution >= 4 is 57.1 Å². The summed E-state index contributed by atoms with van der Waals surface area (Å²) in [6.45, 7) is 8.15. The van der Waals surface area contributed by atoms with E-state index in [0.717, 1.165) is 22.4 Å². The summed E-state index contributed by atoms with van der Waals surface area (Å²) in [5, 5.41) is 5.04. The Morgan fingerprint density at radius 1 is 0.956 bits per heavy atom. The third-order valence-corrected chi connectivity index (χ3v) is 7.20. The van der Waals surface area contributed by atoms with Crippen LogP contribution in [0, 0.1) is 13.8 Å². The third kappa shape index (κ3) is 7.82. The minimum Gasteiger partial charge on any atom is -0.493 e. The highest BCUT2D eigenvalue weighted by Gasteiger charge is 2.37. The predicted octanol–water partition coefficient (Wildman–Crippen LogP) is 5.95. The van der Waals surface area contributed by atoms with Gasteiger partial charge in [-0.3, -0.25) is 19.7 Å². The minimum absolute atomic E-state index is 0.199. The zero-order valence-electron chi connectivity index (χ0n) is 25.6. The number of imide groups is 2. The standard InChI is InChI=1S/C33H34BrN3O8/c1-6-12-44-26-11-9-22(17-27(26)43-7-2)37-32(40)23(31(39)36-33(37)41)14-21-15-24(34)30(28(16-21)42-5)45-18-29(38)35-25-10-8-19(3)13-20(25)4/h8-11,13-17H,6-7,12,18H2,1-5H3,(H,35,38)(H,36,39,41)/b23-14+. The summed E-state index contributed by atoms with van der Waals surface area (Å²) in [6, 6.07) is 12.6. The van der Waals surface area contributed by atoms with Gasteiger partial charge in [-0.05, 0) is 90.7 Å². The summed E-state index contributed by atoms with van der Waals surface area (Å²) < 4.78 is 23.1. The molecule has 0 aliphatic carbocycles. The molecule has 236 valence electrons. The molecule has 3 aromatic carbocycles. The minimum atomic E-state index is -0.895. The van der Waals surface area contributed by atoms with Crippen LogP contribution in [0.15, 0.2) is 58.6 Å². The van der Waals surface area contributed by atoms with Gasteiger partial charge in [0.2, 0.25) is 0 Å². The van der Waals surface area contributed by atoms with Crippen LogP contribution in [-0.4, -0.2) is 50.7 Å². The third-order valence-electron chi connectivity index (χ3n) is 6.62. The highest BCUT2D eigenvalue weighted by molar-refractivity contribution is 9.10. The van der Waals surface area contributed by atoms with Crippen molar-refractivity contribution in [2.45, 2.75) is 34.1 Å². The van der Waals surface area contributed by atoms with Gasteiger partial charge in [0.15, 0.2) is 29.6 Å². The van der Waals surface area contributed by atoms with Crippen molar-refractivity contribution in [1.82, 2.24) is 5.32 Å². The second kappa shape index (κ2) is 14.8. The molecule has 1 aliphatic heterocycles. The Morgan fingerprint density at radius 3 is 2.42 bits per heavy atom. The molecule has 1 saturated heterocycles. The van der Waals surface area contributed by atoms with Crippen molar-refractivity contribution in [3.8, 4) is 23.0 Å². The number of nitrogens with zero attached hydrogens (tertiary/aromatic N) is 1. The summed E-state index contributed by atoms with van der Waals surface area (Å²) in [6.07, 6.45) is 2.12. The number of aryl methyl sites for hydroxylation is 2. The van der Waals surface area contributed by atoms with Gasteiger partial charge in [0, 0.05) is 11.8 Å². The van der Waals surface area contributed by atoms with Gasteiger partial charge in [0.25, 0.3) is 17.7 Å².